The standard InChI is InChI=1S/C20H19N7O4/c21-17(28)16-3-11(9-30-16)15-6-23-18(19-22-1-2-27(15)19)25-20-24-5-14(31-20)8-26-7-13-4-12(26)10-29-13/h1-3,5-6,9,12-13H,4,7-8,10H2,(H2,21,28)(H,23,24,25). The summed E-state index contributed by atoms with van der Waals surface area (Å²) in [6.07, 6.45) is 9.72. The smallest absolute Gasteiger partial charge is 0.300 e. The SMILES string of the molecule is NC(=O)c1cc(-c2cnc(Nc3ncc(CN4CC5CC4CO5)o3)c3nccn23)co1. The summed E-state index contributed by atoms with van der Waals surface area (Å²) in [6, 6.07) is 2.38. The van der Waals surface area contributed by atoms with Crippen molar-refractivity contribution in [3.05, 3.63) is 48.6 Å². The third-order valence-corrected chi connectivity index (χ3v) is 5.72. The number of amides is 1. The number of rotatable bonds is 6. The van der Waals surface area contributed by atoms with Gasteiger partial charge in [0.05, 0.1) is 37.3 Å². The average molecular weight is 421 g/mol. The van der Waals surface area contributed by atoms with Crippen molar-refractivity contribution in [2.75, 3.05) is 18.5 Å². The van der Waals surface area contributed by atoms with Gasteiger partial charge >= 0.3 is 6.01 Å². The molecular weight excluding hydrogens is 402 g/mol. The molecule has 2 aliphatic heterocycles. The first-order valence-corrected chi connectivity index (χ1v) is 9.92. The maximum Gasteiger partial charge on any atom is 0.300 e. The highest BCUT2D eigenvalue weighted by Gasteiger charge is 2.39. The highest BCUT2D eigenvalue weighted by molar-refractivity contribution is 5.91. The third kappa shape index (κ3) is 3.14. The Hall–Kier alpha value is -3.70. The number of anilines is 2. The summed E-state index contributed by atoms with van der Waals surface area (Å²) in [4.78, 5) is 26.9. The minimum Gasteiger partial charge on any atom is -0.458 e. The molecule has 2 saturated heterocycles. The number of nitrogens with zero attached hydrogens (tertiary/aromatic N) is 5. The third-order valence-electron chi connectivity index (χ3n) is 5.72. The lowest BCUT2D eigenvalue weighted by Crippen LogP contribution is -2.36. The van der Waals surface area contributed by atoms with E-state index in [1.54, 1.807) is 30.9 Å². The minimum atomic E-state index is -0.631. The molecule has 3 N–H and O–H groups in total. The van der Waals surface area contributed by atoms with Gasteiger partial charge in [-0.15, -0.1) is 0 Å². The monoisotopic (exact) mass is 421 g/mol. The fraction of sp³-hybridized carbons (Fsp3) is 0.300. The minimum absolute atomic E-state index is 0.0792. The van der Waals surface area contributed by atoms with E-state index in [1.165, 1.54) is 6.26 Å². The Kier molecular flexibility index (Phi) is 4.04. The number of carbonyl (C=O) groups is 1. The number of hydrogen-bond acceptors (Lipinski definition) is 9. The van der Waals surface area contributed by atoms with Crippen LogP contribution in [0.3, 0.4) is 0 Å². The predicted molar refractivity (Wildman–Crippen MR) is 108 cm³/mol. The molecule has 31 heavy (non-hydrogen) atoms. The summed E-state index contributed by atoms with van der Waals surface area (Å²) >= 11 is 0. The highest BCUT2D eigenvalue weighted by atomic mass is 16.5. The van der Waals surface area contributed by atoms with Gasteiger partial charge in [0.1, 0.15) is 12.0 Å². The maximum atomic E-state index is 11.3. The van der Waals surface area contributed by atoms with Gasteiger partial charge in [-0.3, -0.25) is 19.4 Å². The van der Waals surface area contributed by atoms with Gasteiger partial charge in [0.25, 0.3) is 5.91 Å². The van der Waals surface area contributed by atoms with Crippen molar-refractivity contribution in [3.8, 4) is 11.3 Å². The number of carbonyl (C=O) groups excluding carboxylic acids is 1. The Bertz CT molecular complexity index is 1280. The molecule has 11 heteroatoms. The van der Waals surface area contributed by atoms with E-state index in [0.29, 0.717) is 47.4 Å². The molecule has 4 aromatic rings. The van der Waals surface area contributed by atoms with E-state index >= 15 is 0 Å². The summed E-state index contributed by atoms with van der Waals surface area (Å²) in [5.41, 5.74) is 7.22. The number of primary amides is 1. The summed E-state index contributed by atoms with van der Waals surface area (Å²) < 4.78 is 18.6. The van der Waals surface area contributed by atoms with E-state index in [1.807, 2.05) is 4.40 Å². The molecule has 1 amide bonds. The van der Waals surface area contributed by atoms with Crippen molar-refractivity contribution in [2.24, 2.45) is 5.73 Å². The lowest BCUT2D eigenvalue weighted by Gasteiger charge is -2.25. The van der Waals surface area contributed by atoms with Crippen molar-refractivity contribution in [3.63, 3.8) is 0 Å². The molecule has 11 nitrogen and oxygen atoms in total. The number of aromatic nitrogens is 4. The van der Waals surface area contributed by atoms with E-state index < -0.39 is 5.91 Å². The van der Waals surface area contributed by atoms with Crippen molar-refractivity contribution in [2.45, 2.75) is 25.1 Å². The van der Waals surface area contributed by atoms with Gasteiger partial charge in [0, 0.05) is 30.5 Å². The van der Waals surface area contributed by atoms with Crippen LogP contribution in [0.5, 0.6) is 0 Å². The molecule has 4 aromatic heterocycles. The van der Waals surface area contributed by atoms with Crippen molar-refractivity contribution >= 4 is 23.4 Å². The Morgan fingerprint density at radius 3 is 3.00 bits per heavy atom. The molecule has 2 unspecified atom stereocenters. The van der Waals surface area contributed by atoms with Crippen LogP contribution in [-0.4, -0.2) is 55.5 Å². The molecule has 2 atom stereocenters. The fourth-order valence-electron chi connectivity index (χ4n) is 4.23. The molecule has 0 aromatic carbocycles. The lowest BCUT2D eigenvalue weighted by atomic mass is 10.2. The number of oxazole rings is 1. The van der Waals surface area contributed by atoms with Crippen LogP contribution in [0.15, 0.2) is 46.0 Å². The Labute approximate surface area is 175 Å². The lowest BCUT2D eigenvalue weighted by molar-refractivity contribution is 0.0249. The van der Waals surface area contributed by atoms with Gasteiger partial charge in [-0.1, -0.05) is 0 Å². The Morgan fingerprint density at radius 1 is 1.29 bits per heavy atom. The first kappa shape index (κ1) is 18.1. The Morgan fingerprint density at radius 2 is 2.23 bits per heavy atom. The van der Waals surface area contributed by atoms with Gasteiger partial charge in [0.15, 0.2) is 17.2 Å². The topological polar surface area (TPSA) is 137 Å². The second-order valence-corrected chi connectivity index (χ2v) is 7.71. The quantitative estimate of drug-likeness (QED) is 0.477. The van der Waals surface area contributed by atoms with Crippen molar-refractivity contribution < 1.29 is 18.4 Å². The van der Waals surface area contributed by atoms with Crippen LogP contribution >= 0.6 is 0 Å². The first-order chi connectivity index (χ1) is 15.1. The van der Waals surface area contributed by atoms with Gasteiger partial charge in [0.2, 0.25) is 0 Å². The molecular formula is C20H19N7O4. The Balaban J connectivity index is 1.24. The number of furan rings is 1. The molecule has 0 aliphatic carbocycles. The molecule has 2 aliphatic rings. The highest BCUT2D eigenvalue weighted by Crippen LogP contribution is 2.30. The zero-order valence-corrected chi connectivity index (χ0v) is 16.4. The van der Waals surface area contributed by atoms with E-state index in [4.69, 9.17) is 19.3 Å². The summed E-state index contributed by atoms with van der Waals surface area (Å²) in [7, 11) is 0. The normalized spacial score (nSPS) is 20.6. The van der Waals surface area contributed by atoms with Crippen molar-refractivity contribution in [1.29, 1.82) is 0 Å². The average Bonchev–Trinajstić information content (AvgIpc) is 3.55. The van der Waals surface area contributed by atoms with Gasteiger partial charge in [-0.05, 0) is 12.5 Å². The van der Waals surface area contributed by atoms with Crippen molar-refractivity contribution in [1.82, 2.24) is 24.3 Å². The maximum absolute atomic E-state index is 11.3. The van der Waals surface area contributed by atoms with Crippen LogP contribution < -0.4 is 11.1 Å². The van der Waals surface area contributed by atoms with Crippen LogP contribution in [-0.2, 0) is 11.3 Å². The molecule has 6 rings (SSSR count). The number of hydrogen-bond donors (Lipinski definition) is 2. The number of ether oxygens (including phenoxy) is 1. The summed E-state index contributed by atoms with van der Waals surface area (Å²) in [6.45, 7) is 2.42. The van der Waals surface area contributed by atoms with Gasteiger partial charge in [-0.2, -0.15) is 0 Å². The molecule has 0 saturated carbocycles. The van der Waals surface area contributed by atoms with Crippen LogP contribution in [0.1, 0.15) is 22.7 Å². The molecule has 158 valence electrons. The van der Waals surface area contributed by atoms with E-state index in [0.717, 1.165) is 25.3 Å². The first-order valence-electron chi connectivity index (χ1n) is 9.92. The second-order valence-electron chi connectivity index (χ2n) is 7.71. The van der Waals surface area contributed by atoms with Crippen LogP contribution in [0.4, 0.5) is 11.8 Å². The second kappa shape index (κ2) is 6.93. The van der Waals surface area contributed by atoms with Gasteiger partial charge < -0.3 is 19.3 Å². The van der Waals surface area contributed by atoms with Crippen LogP contribution in [0.25, 0.3) is 16.9 Å². The van der Waals surface area contributed by atoms with Gasteiger partial charge in [-0.25, -0.2) is 15.0 Å². The largest absolute Gasteiger partial charge is 0.458 e. The summed E-state index contributed by atoms with van der Waals surface area (Å²) in [5.74, 6) is 0.724. The number of likely N-dealkylation sites (tertiary alicyclic amines) is 1. The zero-order chi connectivity index (χ0) is 20.9. The zero-order valence-electron chi connectivity index (χ0n) is 16.4. The number of morpholine rings is 1. The predicted octanol–water partition coefficient (Wildman–Crippen LogP) is 1.79. The number of nitrogens with two attached hydrogens (primary N) is 1. The number of fused-ring (bicyclic) bond motifs is 3. The molecule has 0 spiro atoms. The molecule has 0 radical (unpaired) electrons. The van der Waals surface area contributed by atoms with Crippen LogP contribution in [0.2, 0.25) is 0 Å². The van der Waals surface area contributed by atoms with E-state index in [9.17, 15) is 4.79 Å². The molecule has 2 fully saturated rings. The van der Waals surface area contributed by atoms with E-state index in [2.05, 4.69) is 25.2 Å². The molecule has 6 heterocycles. The van der Waals surface area contributed by atoms with E-state index in [-0.39, 0.29) is 5.76 Å². The fourth-order valence-corrected chi connectivity index (χ4v) is 4.23. The number of nitrogens with one attached hydrogen (secondary N) is 1. The number of imidazole rings is 1. The molecule has 2 bridgehead atoms. The summed E-state index contributed by atoms with van der Waals surface area (Å²) in [5, 5.41) is 3.10. The van der Waals surface area contributed by atoms with Crippen LogP contribution in [0, 0.1) is 0 Å².